The number of rotatable bonds is 24. The molecule has 0 aromatic heterocycles. The van der Waals surface area contributed by atoms with Crippen molar-refractivity contribution in [1.29, 1.82) is 5.26 Å². The molecule has 0 fully saturated rings. The monoisotopic (exact) mass is 478 g/mol. The van der Waals surface area contributed by atoms with E-state index in [-0.39, 0.29) is 18.1 Å². The van der Waals surface area contributed by atoms with Crippen molar-refractivity contribution in [3.05, 3.63) is 0 Å². The number of unbranched alkanes of at least 4 members (excludes halogenated alkanes) is 14. The first-order valence-electron chi connectivity index (χ1n) is 14.8. The van der Waals surface area contributed by atoms with E-state index in [9.17, 15) is 10.1 Å². The van der Waals surface area contributed by atoms with E-state index in [4.69, 9.17) is 0 Å². The summed E-state index contributed by atoms with van der Waals surface area (Å²) < 4.78 is 0. The van der Waals surface area contributed by atoms with Gasteiger partial charge < -0.3 is 5.32 Å². The fraction of sp³-hybridized carbons (Fsp3) is 0.931. The third-order valence-corrected chi connectivity index (χ3v) is 7.16. The van der Waals surface area contributed by atoms with Gasteiger partial charge in [-0.15, -0.1) is 0 Å². The second kappa shape index (κ2) is 23.6. The Hall–Kier alpha value is -1.12. The maximum absolute atomic E-state index is 12.7. The maximum Gasteiger partial charge on any atom is 0.221 e. The van der Waals surface area contributed by atoms with Crippen molar-refractivity contribution in [2.75, 3.05) is 26.2 Å². The quantitative estimate of drug-likeness (QED) is 0.117. The van der Waals surface area contributed by atoms with Crippen LogP contribution >= 0.6 is 0 Å². The predicted octanol–water partition coefficient (Wildman–Crippen LogP) is 7.27. The lowest BCUT2D eigenvalue weighted by atomic mass is 10.0. The molecule has 0 bridgehead atoms. The molecule has 0 heterocycles. The number of likely N-dealkylation sites (N-methyl/N-ethyl adjacent to an activating group) is 2. The van der Waals surface area contributed by atoms with Gasteiger partial charge in [0.2, 0.25) is 5.91 Å². The van der Waals surface area contributed by atoms with Crippen molar-refractivity contribution in [3.8, 4) is 6.07 Å². The Balaban J connectivity index is 4.01. The van der Waals surface area contributed by atoms with Gasteiger partial charge in [0.1, 0.15) is 12.2 Å². The van der Waals surface area contributed by atoms with E-state index < -0.39 is 0 Å². The summed E-state index contributed by atoms with van der Waals surface area (Å²) >= 11 is 0. The lowest BCUT2D eigenvalue weighted by Crippen LogP contribution is -2.59. The molecule has 0 aliphatic heterocycles. The average Bonchev–Trinajstić information content (AvgIpc) is 2.85. The Labute approximate surface area is 213 Å². The largest absolute Gasteiger partial charge is 0.338 e. The zero-order valence-corrected chi connectivity index (χ0v) is 23.5. The fourth-order valence-electron chi connectivity index (χ4n) is 4.85. The minimum atomic E-state index is -0.320. The van der Waals surface area contributed by atoms with E-state index in [1.54, 1.807) is 0 Å². The normalized spacial score (nSPS) is 13.2. The summed E-state index contributed by atoms with van der Waals surface area (Å²) in [6.07, 6.45) is 20.2. The summed E-state index contributed by atoms with van der Waals surface area (Å²) in [6, 6.07) is 2.13. The van der Waals surface area contributed by atoms with Crippen LogP contribution in [0, 0.1) is 11.3 Å². The number of amides is 1. The summed E-state index contributed by atoms with van der Waals surface area (Å²) in [5.74, 6) is 0.0824. The van der Waals surface area contributed by atoms with Gasteiger partial charge in [0.25, 0.3) is 0 Å². The van der Waals surface area contributed by atoms with E-state index in [0.29, 0.717) is 6.42 Å². The third kappa shape index (κ3) is 15.7. The molecule has 0 aliphatic rings. The number of nitrogens with zero attached hydrogens (tertiary/aromatic N) is 3. The van der Waals surface area contributed by atoms with E-state index in [1.165, 1.54) is 83.5 Å². The summed E-state index contributed by atoms with van der Waals surface area (Å²) in [4.78, 5) is 17.0. The first-order chi connectivity index (χ1) is 16.6. The molecule has 0 saturated heterocycles. The smallest absolute Gasteiger partial charge is 0.221 e. The first-order valence-corrected chi connectivity index (χ1v) is 14.8. The molecule has 200 valence electrons. The highest BCUT2D eigenvalue weighted by Gasteiger charge is 2.30. The number of carbonyl (C=O) groups is 1. The number of hydrogen-bond acceptors (Lipinski definition) is 4. The fourth-order valence-corrected chi connectivity index (χ4v) is 4.85. The standard InChI is InChI=1S/C29H58N4O/c1-6-11-12-13-14-15-16-17-18-19-20-21-22-23-24-25-28(34)31-29(33(9-4)10-5)27(26-30)32(7-2)8-3/h27,29H,6-25H2,1-5H3,(H,31,34). The molecule has 0 spiro atoms. The topological polar surface area (TPSA) is 59.4 Å². The van der Waals surface area contributed by atoms with Gasteiger partial charge in [0.05, 0.1) is 6.07 Å². The molecule has 0 aromatic rings. The number of nitriles is 1. The molecule has 34 heavy (non-hydrogen) atoms. The minimum Gasteiger partial charge on any atom is -0.338 e. The highest BCUT2D eigenvalue weighted by Crippen LogP contribution is 2.14. The zero-order chi connectivity index (χ0) is 25.4. The van der Waals surface area contributed by atoms with Crippen molar-refractivity contribution < 1.29 is 4.79 Å². The molecule has 0 aliphatic carbocycles. The van der Waals surface area contributed by atoms with Crippen LogP contribution in [0.5, 0.6) is 0 Å². The van der Waals surface area contributed by atoms with Crippen molar-refractivity contribution >= 4 is 5.91 Å². The van der Waals surface area contributed by atoms with Gasteiger partial charge in [-0.25, -0.2) is 0 Å². The van der Waals surface area contributed by atoms with Crippen LogP contribution in [-0.2, 0) is 4.79 Å². The summed E-state index contributed by atoms with van der Waals surface area (Å²) in [5, 5.41) is 13.0. The van der Waals surface area contributed by atoms with Crippen molar-refractivity contribution in [3.63, 3.8) is 0 Å². The van der Waals surface area contributed by atoms with E-state index in [0.717, 1.165) is 39.0 Å². The highest BCUT2D eigenvalue weighted by molar-refractivity contribution is 5.76. The van der Waals surface area contributed by atoms with Crippen LogP contribution in [0.1, 0.15) is 137 Å². The van der Waals surface area contributed by atoms with E-state index in [2.05, 4.69) is 55.8 Å². The van der Waals surface area contributed by atoms with Gasteiger partial charge >= 0.3 is 0 Å². The molecular formula is C29H58N4O. The predicted molar refractivity (Wildman–Crippen MR) is 147 cm³/mol. The Morgan fingerprint density at radius 1 is 0.647 bits per heavy atom. The second-order valence-corrected chi connectivity index (χ2v) is 9.73. The van der Waals surface area contributed by atoms with Crippen molar-refractivity contribution in [2.45, 2.75) is 150 Å². The molecule has 0 radical (unpaired) electrons. The van der Waals surface area contributed by atoms with Crippen LogP contribution in [0.25, 0.3) is 0 Å². The van der Waals surface area contributed by atoms with Crippen molar-refractivity contribution in [1.82, 2.24) is 15.1 Å². The molecule has 5 nitrogen and oxygen atoms in total. The third-order valence-electron chi connectivity index (χ3n) is 7.16. The van der Waals surface area contributed by atoms with Crippen LogP contribution < -0.4 is 5.32 Å². The number of carbonyl (C=O) groups excluding carboxylic acids is 1. The number of nitrogens with one attached hydrogen (secondary N) is 1. The highest BCUT2D eigenvalue weighted by atomic mass is 16.1. The van der Waals surface area contributed by atoms with Gasteiger partial charge in [-0.2, -0.15) is 5.26 Å². The second-order valence-electron chi connectivity index (χ2n) is 9.73. The van der Waals surface area contributed by atoms with Gasteiger partial charge in [-0.05, 0) is 32.6 Å². The lowest BCUT2D eigenvalue weighted by Gasteiger charge is -2.38. The van der Waals surface area contributed by atoms with Gasteiger partial charge in [-0.1, -0.05) is 125 Å². The Kier molecular flexibility index (Phi) is 22.8. The SMILES string of the molecule is CCCCCCCCCCCCCCCCCC(=O)NC(C(C#N)N(CC)CC)N(CC)CC. The Morgan fingerprint density at radius 2 is 1.03 bits per heavy atom. The lowest BCUT2D eigenvalue weighted by molar-refractivity contribution is -0.123. The molecule has 5 heteroatoms. The van der Waals surface area contributed by atoms with Crippen LogP contribution in [0.4, 0.5) is 0 Å². The minimum absolute atomic E-state index is 0.0824. The molecule has 1 N–H and O–H groups in total. The van der Waals surface area contributed by atoms with E-state index >= 15 is 0 Å². The van der Waals surface area contributed by atoms with Gasteiger partial charge in [0.15, 0.2) is 0 Å². The zero-order valence-electron chi connectivity index (χ0n) is 23.5. The molecule has 0 aromatic carbocycles. The molecule has 2 atom stereocenters. The summed E-state index contributed by atoms with van der Waals surface area (Å²) in [6.45, 7) is 13.9. The Morgan fingerprint density at radius 3 is 1.38 bits per heavy atom. The van der Waals surface area contributed by atoms with Crippen LogP contribution in [0.15, 0.2) is 0 Å². The van der Waals surface area contributed by atoms with Gasteiger partial charge in [0, 0.05) is 6.42 Å². The average molecular weight is 479 g/mol. The van der Waals surface area contributed by atoms with Crippen LogP contribution in [-0.4, -0.2) is 54.1 Å². The Bertz CT molecular complexity index is 497. The first kappa shape index (κ1) is 32.9. The number of hydrogen-bond donors (Lipinski definition) is 1. The molecule has 2 unspecified atom stereocenters. The molecule has 0 rings (SSSR count). The molecular weight excluding hydrogens is 420 g/mol. The van der Waals surface area contributed by atoms with Gasteiger partial charge in [-0.3, -0.25) is 14.6 Å². The molecule has 0 saturated carbocycles. The summed E-state index contributed by atoms with van der Waals surface area (Å²) in [5.41, 5.74) is 0. The van der Waals surface area contributed by atoms with Crippen molar-refractivity contribution in [2.24, 2.45) is 0 Å². The van der Waals surface area contributed by atoms with E-state index in [1.807, 2.05) is 0 Å². The van der Waals surface area contributed by atoms with Crippen LogP contribution in [0.2, 0.25) is 0 Å². The molecule has 1 amide bonds. The summed E-state index contributed by atoms with van der Waals surface area (Å²) in [7, 11) is 0. The maximum atomic E-state index is 12.7. The van der Waals surface area contributed by atoms with Crippen LogP contribution in [0.3, 0.4) is 0 Å².